The number of ether oxygens (including phenoxy) is 2. The molecular weight excluding hydrogens is 210 g/mol. The maximum atomic E-state index is 5.56. The van der Waals surface area contributed by atoms with Gasteiger partial charge in [0.2, 0.25) is 0 Å². The maximum Gasteiger partial charge on any atom is 0.168 e. The highest BCUT2D eigenvalue weighted by molar-refractivity contribution is 4.89. The molecule has 1 fully saturated rings. The zero-order valence-electron chi connectivity index (χ0n) is 9.59. The Balaban J connectivity index is 2.00. The predicted molar refractivity (Wildman–Crippen MR) is 55.9 cm³/mol. The van der Waals surface area contributed by atoms with E-state index in [1.54, 1.807) is 4.68 Å². The fourth-order valence-corrected chi connectivity index (χ4v) is 1.62. The van der Waals surface area contributed by atoms with Gasteiger partial charge in [-0.15, -0.1) is 5.10 Å². The van der Waals surface area contributed by atoms with Crippen LogP contribution in [0.5, 0.6) is 0 Å². The number of nitrogens with zero attached hydrogens (tertiary/aromatic N) is 4. The summed E-state index contributed by atoms with van der Waals surface area (Å²) in [6.07, 6.45) is 0.0417. The molecule has 0 saturated carbocycles. The minimum absolute atomic E-state index is 0.0417. The smallest absolute Gasteiger partial charge is 0.168 e. The number of tetrazole rings is 1. The molecule has 1 aliphatic heterocycles. The van der Waals surface area contributed by atoms with Gasteiger partial charge in [0.05, 0.1) is 32.4 Å². The van der Waals surface area contributed by atoms with Crippen LogP contribution in [0.15, 0.2) is 0 Å². The van der Waals surface area contributed by atoms with Crippen molar-refractivity contribution in [2.24, 2.45) is 0 Å². The Labute approximate surface area is 94.1 Å². The second-order valence-corrected chi connectivity index (χ2v) is 3.80. The Bertz CT molecular complexity index is 323. The topological polar surface area (TPSA) is 74.1 Å². The van der Waals surface area contributed by atoms with Crippen molar-refractivity contribution < 1.29 is 9.47 Å². The summed E-state index contributed by atoms with van der Waals surface area (Å²) in [6, 6.07) is 0.125. The van der Waals surface area contributed by atoms with Gasteiger partial charge in [0.15, 0.2) is 5.82 Å². The van der Waals surface area contributed by atoms with E-state index in [2.05, 4.69) is 20.8 Å². The largest absolute Gasteiger partial charge is 0.376 e. The highest BCUT2D eigenvalue weighted by Gasteiger charge is 2.19. The second kappa shape index (κ2) is 5.33. The molecule has 1 aliphatic rings. The summed E-state index contributed by atoms with van der Waals surface area (Å²) < 4.78 is 12.7. The average Bonchev–Trinajstić information content (AvgIpc) is 2.77. The Hall–Kier alpha value is -1.05. The minimum atomic E-state index is 0.0417. The van der Waals surface area contributed by atoms with Crippen molar-refractivity contribution >= 4 is 0 Å². The van der Waals surface area contributed by atoms with E-state index < -0.39 is 0 Å². The summed E-state index contributed by atoms with van der Waals surface area (Å²) in [6.45, 7) is 4.57. The van der Waals surface area contributed by atoms with Crippen LogP contribution in [-0.2, 0) is 16.0 Å². The van der Waals surface area contributed by atoms with E-state index in [4.69, 9.17) is 9.47 Å². The van der Waals surface area contributed by atoms with Gasteiger partial charge in [-0.05, 0) is 24.4 Å². The molecule has 2 heterocycles. The van der Waals surface area contributed by atoms with Crippen molar-refractivity contribution in [3.05, 3.63) is 5.82 Å². The van der Waals surface area contributed by atoms with Crippen molar-refractivity contribution in [3.63, 3.8) is 0 Å². The van der Waals surface area contributed by atoms with E-state index in [0.29, 0.717) is 26.4 Å². The van der Waals surface area contributed by atoms with Gasteiger partial charge < -0.3 is 14.8 Å². The molecule has 1 aromatic rings. The van der Waals surface area contributed by atoms with Crippen LogP contribution < -0.4 is 5.32 Å². The van der Waals surface area contributed by atoms with Crippen LogP contribution in [0, 0.1) is 0 Å². The van der Waals surface area contributed by atoms with E-state index in [-0.39, 0.29) is 12.1 Å². The summed E-state index contributed by atoms with van der Waals surface area (Å²) in [5, 5.41) is 14.7. The first-order valence-electron chi connectivity index (χ1n) is 5.44. The molecule has 1 aromatic heterocycles. The van der Waals surface area contributed by atoms with Crippen molar-refractivity contribution in [2.75, 3.05) is 26.9 Å². The van der Waals surface area contributed by atoms with Gasteiger partial charge in [-0.2, -0.15) is 0 Å². The molecular formula is C9H17N5O2. The molecule has 90 valence electrons. The molecule has 0 spiro atoms. The van der Waals surface area contributed by atoms with Crippen molar-refractivity contribution in [2.45, 2.75) is 25.6 Å². The molecule has 0 bridgehead atoms. The lowest BCUT2D eigenvalue weighted by atomic mass is 10.3. The highest BCUT2D eigenvalue weighted by atomic mass is 16.6. The van der Waals surface area contributed by atoms with Crippen LogP contribution in [0.3, 0.4) is 0 Å². The van der Waals surface area contributed by atoms with E-state index in [0.717, 1.165) is 5.82 Å². The fourth-order valence-electron chi connectivity index (χ4n) is 1.62. The molecule has 7 heteroatoms. The Morgan fingerprint density at radius 1 is 1.56 bits per heavy atom. The third kappa shape index (κ3) is 2.55. The molecule has 0 radical (unpaired) electrons. The van der Waals surface area contributed by atoms with Crippen molar-refractivity contribution in [1.29, 1.82) is 0 Å². The van der Waals surface area contributed by atoms with Gasteiger partial charge in [-0.1, -0.05) is 0 Å². The summed E-state index contributed by atoms with van der Waals surface area (Å²) >= 11 is 0. The number of hydrogen-bond acceptors (Lipinski definition) is 6. The molecule has 1 N–H and O–H groups in total. The predicted octanol–water partition coefficient (Wildman–Crippen LogP) is -0.631. The molecule has 1 saturated heterocycles. The molecule has 0 aromatic carbocycles. The molecule has 16 heavy (non-hydrogen) atoms. The number of rotatable bonds is 4. The van der Waals surface area contributed by atoms with E-state index in [1.807, 2.05) is 14.0 Å². The molecule has 2 atom stereocenters. The number of hydrogen-bond donors (Lipinski definition) is 1. The number of aromatic nitrogens is 4. The van der Waals surface area contributed by atoms with Gasteiger partial charge in [0, 0.05) is 0 Å². The van der Waals surface area contributed by atoms with Crippen molar-refractivity contribution in [3.8, 4) is 0 Å². The van der Waals surface area contributed by atoms with Gasteiger partial charge >= 0.3 is 0 Å². The summed E-state index contributed by atoms with van der Waals surface area (Å²) in [7, 11) is 1.88. The highest BCUT2D eigenvalue weighted by Crippen LogP contribution is 2.09. The Morgan fingerprint density at radius 3 is 3.12 bits per heavy atom. The zero-order valence-corrected chi connectivity index (χ0v) is 9.59. The fraction of sp³-hybridized carbons (Fsp3) is 0.889. The molecule has 2 unspecified atom stereocenters. The average molecular weight is 227 g/mol. The number of nitrogens with one attached hydrogen (secondary N) is 1. The lowest BCUT2D eigenvalue weighted by Gasteiger charge is -2.23. The van der Waals surface area contributed by atoms with Crippen LogP contribution in [0.2, 0.25) is 0 Å². The second-order valence-electron chi connectivity index (χ2n) is 3.80. The van der Waals surface area contributed by atoms with Gasteiger partial charge in [0.1, 0.15) is 6.10 Å². The summed E-state index contributed by atoms with van der Waals surface area (Å²) in [5.74, 6) is 0.816. The molecule has 7 nitrogen and oxygen atoms in total. The van der Waals surface area contributed by atoms with Gasteiger partial charge in [0.25, 0.3) is 0 Å². The SMILES string of the molecule is CNC(C)c1nnnn1CC1COCCO1. The molecule has 0 aliphatic carbocycles. The van der Waals surface area contributed by atoms with Gasteiger partial charge in [-0.25, -0.2) is 4.68 Å². The van der Waals surface area contributed by atoms with Crippen LogP contribution in [-0.4, -0.2) is 53.2 Å². The maximum absolute atomic E-state index is 5.56. The lowest BCUT2D eigenvalue weighted by molar-refractivity contribution is -0.0951. The summed E-state index contributed by atoms with van der Waals surface area (Å²) in [4.78, 5) is 0. The summed E-state index contributed by atoms with van der Waals surface area (Å²) in [5.41, 5.74) is 0. The van der Waals surface area contributed by atoms with E-state index >= 15 is 0 Å². The zero-order chi connectivity index (χ0) is 11.4. The van der Waals surface area contributed by atoms with Gasteiger partial charge in [-0.3, -0.25) is 0 Å². The first-order valence-corrected chi connectivity index (χ1v) is 5.44. The molecule has 0 amide bonds. The third-order valence-electron chi connectivity index (χ3n) is 2.64. The van der Waals surface area contributed by atoms with E-state index in [1.165, 1.54) is 0 Å². The van der Waals surface area contributed by atoms with Crippen LogP contribution >= 0.6 is 0 Å². The first-order chi connectivity index (χ1) is 7.81. The van der Waals surface area contributed by atoms with Crippen LogP contribution in [0.4, 0.5) is 0 Å². The van der Waals surface area contributed by atoms with Crippen LogP contribution in [0.1, 0.15) is 18.8 Å². The third-order valence-corrected chi connectivity index (χ3v) is 2.64. The monoisotopic (exact) mass is 227 g/mol. The normalized spacial score (nSPS) is 23.2. The lowest BCUT2D eigenvalue weighted by Crippen LogP contribution is -2.33. The first kappa shape index (κ1) is 11.4. The quantitative estimate of drug-likeness (QED) is 0.738. The standard InChI is InChI=1S/C9H17N5O2/c1-7(10-2)9-11-12-13-14(9)5-8-6-15-3-4-16-8/h7-8,10H,3-6H2,1-2H3. The van der Waals surface area contributed by atoms with Crippen molar-refractivity contribution in [1.82, 2.24) is 25.5 Å². The Kier molecular flexibility index (Phi) is 3.81. The molecule has 2 rings (SSSR count). The Morgan fingerprint density at radius 2 is 2.44 bits per heavy atom. The van der Waals surface area contributed by atoms with Crippen LogP contribution in [0.25, 0.3) is 0 Å². The minimum Gasteiger partial charge on any atom is -0.376 e. The van der Waals surface area contributed by atoms with E-state index in [9.17, 15) is 0 Å².